The summed E-state index contributed by atoms with van der Waals surface area (Å²) in [5.74, 6) is 0.214. The molecule has 0 aromatic heterocycles. The summed E-state index contributed by atoms with van der Waals surface area (Å²) in [6, 6.07) is 18.2. The van der Waals surface area contributed by atoms with Gasteiger partial charge in [-0.2, -0.15) is 0 Å². The van der Waals surface area contributed by atoms with Gasteiger partial charge >= 0.3 is 0 Å². The third-order valence-electron chi connectivity index (χ3n) is 4.12. The average Bonchev–Trinajstić information content (AvgIpc) is 2.67. The minimum atomic E-state index is -3.60. The number of carbonyl (C=O) groups is 1. The van der Waals surface area contributed by atoms with Crippen molar-refractivity contribution >= 4 is 32.4 Å². The van der Waals surface area contributed by atoms with Gasteiger partial charge in [-0.15, -0.1) is 0 Å². The summed E-state index contributed by atoms with van der Waals surface area (Å²) in [6.07, 6.45) is 0. The molecule has 3 aromatic rings. The molecule has 0 unspecified atom stereocenters. The van der Waals surface area contributed by atoms with E-state index in [4.69, 9.17) is 4.74 Å². The van der Waals surface area contributed by atoms with E-state index in [2.05, 4.69) is 10.0 Å². The van der Waals surface area contributed by atoms with Gasteiger partial charge < -0.3 is 10.1 Å². The molecule has 3 rings (SSSR count). The Balaban J connectivity index is 1.67. The number of fused-ring (bicyclic) bond motifs is 1. The largest absolute Gasteiger partial charge is 0.484 e. The molecule has 0 saturated carbocycles. The Morgan fingerprint density at radius 3 is 2.48 bits per heavy atom. The fourth-order valence-corrected chi connectivity index (χ4v) is 3.67. The van der Waals surface area contributed by atoms with Crippen LogP contribution in [-0.2, 0) is 14.8 Å². The van der Waals surface area contributed by atoms with Crippen molar-refractivity contribution < 1.29 is 17.9 Å². The summed E-state index contributed by atoms with van der Waals surface area (Å²) >= 11 is 0. The van der Waals surface area contributed by atoms with Crippen LogP contribution in [0.1, 0.15) is 5.56 Å². The van der Waals surface area contributed by atoms with Crippen LogP contribution in [-0.4, -0.2) is 28.0 Å². The molecule has 6 nitrogen and oxygen atoms in total. The van der Waals surface area contributed by atoms with E-state index in [0.29, 0.717) is 17.0 Å². The molecular formula is C20H20N2O4S. The maximum absolute atomic E-state index is 12.2. The topological polar surface area (TPSA) is 84.5 Å². The molecular weight excluding hydrogens is 364 g/mol. The molecule has 0 aliphatic rings. The van der Waals surface area contributed by atoms with Crippen molar-refractivity contribution in [2.24, 2.45) is 0 Å². The second kappa shape index (κ2) is 7.77. The third-order valence-corrected chi connectivity index (χ3v) is 5.68. The molecule has 1 amide bonds. The van der Waals surface area contributed by atoms with Gasteiger partial charge in [-0.25, -0.2) is 13.1 Å². The maximum Gasteiger partial charge on any atom is 0.262 e. The second-order valence-electron chi connectivity index (χ2n) is 6.03. The van der Waals surface area contributed by atoms with Crippen molar-refractivity contribution in [1.82, 2.24) is 4.72 Å². The van der Waals surface area contributed by atoms with E-state index in [-0.39, 0.29) is 17.4 Å². The Morgan fingerprint density at radius 2 is 1.74 bits per heavy atom. The number of rotatable bonds is 6. The number of hydrogen-bond acceptors (Lipinski definition) is 4. The van der Waals surface area contributed by atoms with E-state index in [1.165, 1.54) is 13.1 Å². The number of benzene rings is 3. The predicted molar refractivity (Wildman–Crippen MR) is 105 cm³/mol. The number of aryl methyl sites for hydroxylation is 1. The molecule has 0 fully saturated rings. The van der Waals surface area contributed by atoms with E-state index in [0.717, 1.165) is 10.8 Å². The van der Waals surface area contributed by atoms with E-state index in [9.17, 15) is 13.2 Å². The quantitative estimate of drug-likeness (QED) is 0.684. The summed E-state index contributed by atoms with van der Waals surface area (Å²) in [5, 5.41) is 4.77. The lowest BCUT2D eigenvalue weighted by Gasteiger charge is -2.11. The van der Waals surface area contributed by atoms with Crippen LogP contribution in [0.25, 0.3) is 10.8 Å². The highest BCUT2D eigenvalue weighted by atomic mass is 32.2. The van der Waals surface area contributed by atoms with Crippen LogP contribution in [0, 0.1) is 6.92 Å². The lowest BCUT2D eigenvalue weighted by Crippen LogP contribution is -2.22. The Labute approximate surface area is 158 Å². The molecule has 0 saturated heterocycles. The first-order valence-corrected chi connectivity index (χ1v) is 9.83. The van der Waals surface area contributed by atoms with Gasteiger partial charge in [0, 0.05) is 5.69 Å². The fourth-order valence-electron chi connectivity index (χ4n) is 2.68. The highest BCUT2D eigenvalue weighted by molar-refractivity contribution is 7.89. The van der Waals surface area contributed by atoms with Crippen molar-refractivity contribution in [3.8, 4) is 5.75 Å². The lowest BCUT2D eigenvalue weighted by molar-refractivity contribution is -0.118. The smallest absolute Gasteiger partial charge is 0.262 e. The minimum absolute atomic E-state index is 0.123. The van der Waals surface area contributed by atoms with Gasteiger partial charge in [0.05, 0.1) is 4.90 Å². The monoisotopic (exact) mass is 384 g/mol. The number of hydrogen-bond donors (Lipinski definition) is 2. The Hall–Kier alpha value is -2.90. The molecule has 0 aliphatic heterocycles. The Kier molecular flexibility index (Phi) is 5.43. The number of ether oxygens (including phenoxy) is 1. The van der Waals surface area contributed by atoms with Crippen molar-refractivity contribution in [3.05, 3.63) is 66.2 Å². The molecule has 7 heteroatoms. The first-order valence-electron chi connectivity index (χ1n) is 8.35. The third kappa shape index (κ3) is 4.45. The zero-order valence-corrected chi connectivity index (χ0v) is 15.8. The van der Waals surface area contributed by atoms with Crippen molar-refractivity contribution in [1.29, 1.82) is 0 Å². The van der Waals surface area contributed by atoms with Crippen LogP contribution in [0.3, 0.4) is 0 Å². The van der Waals surface area contributed by atoms with Gasteiger partial charge in [0.15, 0.2) is 6.61 Å². The van der Waals surface area contributed by atoms with Crippen LogP contribution in [0.5, 0.6) is 5.75 Å². The average molecular weight is 384 g/mol. The van der Waals surface area contributed by atoms with Crippen LogP contribution in [0.4, 0.5) is 5.69 Å². The number of amides is 1. The normalized spacial score (nSPS) is 11.3. The standard InChI is InChI=1S/C20H20N2O4S/c1-14-7-9-17(12-19(14)27(24,25)21-2)22-20(23)13-26-18-10-8-15-5-3-4-6-16(15)11-18/h3-12,21H,13H2,1-2H3,(H,22,23). The number of anilines is 1. The Morgan fingerprint density at radius 1 is 1.00 bits per heavy atom. The first kappa shape index (κ1) is 18.9. The highest BCUT2D eigenvalue weighted by Crippen LogP contribution is 2.21. The minimum Gasteiger partial charge on any atom is -0.484 e. The van der Waals surface area contributed by atoms with Gasteiger partial charge in [-0.05, 0) is 54.6 Å². The maximum atomic E-state index is 12.2. The van der Waals surface area contributed by atoms with Crippen LogP contribution in [0.15, 0.2) is 65.6 Å². The molecule has 27 heavy (non-hydrogen) atoms. The Bertz CT molecular complexity index is 1090. The molecule has 0 atom stereocenters. The molecule has 2 N–H and O–H groups in total. The first-order chi connectivity index (χ1) is 12.9. The van der Waals surface area contributed by atoms with Gasteiger partial charge in [0.1, 0.15) is 5.75 Å². The molecule has 0 bridgehead atoms. The summed E-state index contributed by atoms with van der Waals surface area (Å²) in [6.45, 7) is 1.51. The summed E-state index contributed by atoms with van der Waals surface area (Å²) in [7, 11) is -2.25. The van der Waals surface area contributed by atoms with Crippen molar-refractivity contribution in [2.75, 3.05) is 19.0 Å². The van der Waals surface area contributed by atoms with Gasteiger partial charge in [-0.1, -0.05) is 36.4 Å². The SMILES string of the molecule is CNS(=O)(=O)c1cc(NC(=O)COc2ccc3ccccc3c2)ccc1C. The lowest BCUT2D eigenvalue weighted by atomic mass is 10.1. The van der Waals surface area contributed by atoms with Crippen molar-refractivity contribution in [2.45, 2.75) is 11.8 Å². The zero-order chi connectivity index (χ0) is 19.4. The van der Waals surface area contributed by atoms with Gasteiger partial charge in [-0.3, -0.25) is 4.79 Å². The molecule has 0 spiro atoms. The molecule has 140 valence electrons. The fraction of sp³-hybridized carbons (Fsp3) is 0.150. The summed E-state index contributed by atoms with van der Waals surface area (Å²) in [4.78, 5) is 12.3. The van der Waals surface area contributed by atoms with E-state index < -0.39 is 10.0 Å². The zero-order valence-electron chi connectivity index (χ0n) is 15.0. The molecule has 0 aliphatic carbocycles. The van der Waals surface area contributed by atoms with Crippen molar-refractivity contribution in [3.63, 3.8) is 0 Å². The highest BCUT2D eigenvalue weighted by Gasteiger charge is 2.16. The second-order valence-corrected chi connectivity index (χ2v) is 7.89. The molecule has 0 radical (unpaired) electrons. The summed E-state index contributed by atoms with van der Waals surface area (Å²) in [5.41, 5.74) is 0.983. The number of nitrogens with one attached hydrogen (secondary N) is 2. The number of sulfonamides is 1. The molecule has 0 heterocycles. The predicted octanol–water partition coefficient (Wildman–Crippen LogP) is 3.07. The van der Waals surface area contributed by atoms with Crippen LogP contribution < -0.4 is 14.8 Å². The van der Waals surface area contributed by atoms with Gasteiger partial charge in [0.2, 0.25) is 10.0 Å². The van der Waals surface area contributed by atoms with Crippen LogP contribution in [0.2, 0.25) is 0 Å². The number of carbonyl (C=O) groups excluding carboxylic acids is 1. The summed E-state index contributed by atoms with van der Waals surface area (Å²) < 4.78 is 31.9. The van der Waals surface area contributed by atoms with E-state index >= 15 is 0 Å². The van der Waals surface area contributed by atoms with Crippen LogP contribution >= 0.6 is 0 Å². The molecule has 3 aromatic carbocycles. The van der Waals surface area contributed by atoms with E-state index in [1.807, 2.05) is 36.4 Å². The van der Waals surface area contributed by atoms with E-state index in [1.54, 1.807) is 25.1 Å². The van der Waals surface area contributed by atoms with Gasteiger partial charge in [0.25, 0.3) is 5.91 Å².